The average Bonchev–Trinajstić information content (AvgIpc) is 2.97. The number of nitrogens with one attached hydrogen (secondary N) is 1. The van der Waals surface area contributed by atoms with Crippen LogP contribution in [0.2, 0.25) is 10.1 Å². The van der Waals surface area contributed by atoms with Gasteiger partial charge in [-0.2, -0.15) is 0 Å². The second kappa shape index (κ2) is 18.8. The fourth-order valence-corrected chi connectivity index (χ4v) is 12.1. The molecule has 2 N–H and O–H groups in total. The molecule has 0 aromatic carbocycles. The number of carboxylic acids is 1. The van der Waals surface area contributed by atoms with Crippen LogP contribution in [-0.4, -0.2) is 122 Å². The van der Waals surface area contributed by atoms with E-state index in [1.807, 2.05) is 6.92 Å². The molecule has 3 heterocycles. The molecule has 3 aliphatic heterocycles. The second-order valence-corrected chi connectivity index (χ2v) is 22.5. The van der Waals surface area contributed by atoms with Crippen LogP contribution in [0.5, 0.6) is 0 Å². The first-order valence-corrected chi connectivity index (χ1v) is 20.0. The summed E-state index contributed by atoms with van der Waals surface area (Å²) in [5, 5.41) is 9.56. The highest BCUT2D eigenvalue weighted by molar-refractivity contribution is 6.73. The zero-order valence-corrected chi connectivity index (χ0v) is 35.5. The molecular formula is C33H54Cl3NO15Si. The molecule has 3 rings (SSSR count). The third-order valence-electron chi connectivity index (χ3n) is 8.63. The molecule has 0 aromatic heterocycles. The van der Waals surface area contributed by atoms with Crippen molar-refractivity contribution in [1.82, 2.24) is 5.32 Å². The number of carbonyl (C=O) groups excluding carboxylic acids is 4. The summed E-state index contributed by atoms with van der Waals surface area (Å²) in [7, 11) is -2.95. The van der Waals surface area contributed by atoms with Crippen molar-refractivity contribution in [1.29, 1.82) is 0 Å². The molecule has 16 nitrogen and oxygen atoms in total. The van der Waals surface area contributed by atoms with Crippen LogP contribution >= 0.6 is 34.8 Å². The summed E-state index contributed by atoms with van der Waals surface area (Å²) < 4.78 is 52.2. The minimum absolute atomic E-state index is 0.214. The van der Waals surface area contributed by atoms with Gasteiger partial charge in [-0.1, -0.05) is 83.3 Å². The van der Waals surface area contributed by atoms with Gasteiger partial charge in [-0.3, -0.25) is 19.2 Å². The number of alkyl halides is 3. The van der Waals surface area contributed by atoms with E-state index in [2.05, 4.69) is 46.9 Å². The van der Waals surface area contributed by atoms with Crippen molar-refractivity contribution in [2.45, 2.75) is 152 Å². The highest BCUT2D eigenvalue weighted by Gasteiger charge is 2.64. The van der Waals surface area contributed by atoms with Crippen molar-refractivity contribution < 1.29 is 71.1 Å². The Morgan fingerprint density at radius 3 is 1.77 bits per heavy atom. The Bertz CT molecular complexity index is 1290. The lowest BCUT2D eigenvalue weighted by Gasteiger charge is -2.58. The van der Waals surface area contributed by atoms with E-state index in [4.69, 9.17) is 86.7 Å². The number of rotatable bonds is 8. The van der Waals surface area contributed by atoms with E-state index >= 15 is 0 Å². The third kappa shape index (κ3) is 13.1. The van der Waals surface area contributed by atoms with Crippen LogP contribution in [0, 0.1) is 5.92 Å². The fourth-order valence-electron chi connectivity index (χ4n) is 6.88. The maximum absolute atomic E-state index is 13.0. The van der Waals surface area contributed by atoms with E-state index < -0.39 is 110 Å². The fraction of sp³-hybridized carbons (Fsp3) is 0.848. The Balaban J connectivity index is 0.00000231. The van der Waals surface area contributed by atoms with Crippen molar-refractivity contribution in [2.75, 3.05) is 19.8 Å². The lowest BCUT2D eigenvalue weighted by Crippen LogP contribution is -2.71. The highest BCUT2D eigenvalue weighted by atomic mass is 35.6. The lowest BCUT2D eigenvalue weighted by molar-refractivity contribution is -0.290. The Morgan fingerprint density at radius 1 is 0.811 bits per heavy atom. The predicted octanol–water partition coefficient (Wildman–Crippen LogP) is 4.96. The number of hydrogen-bond acceptors (Lipinski definition) is 14. The molecule has 10 atom stereocenters. The number of halogens is 3. The van der Waals surface area contributed by atoms with Gasteiger partial charge in [-0.05, 0) is 6.92 Å². The Morgan fingerprint density at radius 2 is 1.30 bits per heavy atom. The Hall–Kier alpha value is -1.96. The molecule has 1 amide bonds. The summed E-state index contributed by atoms with van der Waals surface area (Å²) in [6.45, 7) is 20.1. The summed E-state index contributed by atoms with van der Waals surface area (Å²) in [5.41, 5.74) is 0. The second-order valence-electron chi connectivity index (χ2n) is 15.2. The summed E-state index contributed by atoms with van der Waals surface area (Å²) in [4.78, 5) is 58.2. The molecule has 0 spiro atoms. The molecule has 0 aliphatic carbocycles. The summed E-state index contributed by atoms with van der Waals surface area (Å²) in [6.07, 6.45) is -8.46. The van der Waals surface area contributed by atoms with Crippen LogP contribution in [-0.2, 0) is 61.2 Å². The molecule has 0 aromatic rings. The van der Waals surface area contributed by atoms with E-state index in [1.165, 1.54) is 20.8 Å². The molecule has 306 valence electrons. The van der Waals surface area contributed by atoms with Gasteiger partial charge in [-0.15, -0.1) is 0 Å². The van der Waals surface area contributed by atoms with E-state index in [-0.39, 0.29) is 23.3 Å². The number of aliphatic carboxylic acids is 1. The SMILES string of the molecule is CC(=O)O.CC(=O)OC1[C@H](C)OC(CO[C@H]2OC3CO[Si](C(C)(C)C)(C(C)(C)C)O[C@@H]3[C@H](C)C2NC(=O)OCC(Cl)(Cl)Cl)[C@@H](OC(C)=O)[C@@H]1OC(C)=O. The van der Waals surface area contributed by atoms with Crippen LogP contribution < -0.4 is 5.32 Å². The lowest BCUT2D eigenvalue weighted by atomic mass is 9.88. The Kier molecular flexibility index (Phi) is 16.7. The van der Waals surface area contributed by atoms with Gasteiger partial charge in [-0.25, -0.2) is 4.79 Å². The highest BCUT2D eigenvalue weighted by Crippen LogP contribution is 2.55. The molecule has 3 saturated heterocycles. The quantitative estimate of drug-likeness (QED) is 0.144. The predicted molar refractivity (Wildman–Crippen MR) is 193 cm³/mol. The van der Waals surface area contributed by atoms with Gasteiger partial charge in [0.15, 0.2) is 24.6 Å². The molecule has 3 aliphatic rings. The third-order valence-corrected chi connectivity index (χ3v) is 14.1. The zero-order valence-electron chi connectivity index (χ0n) is 32.2. The van der Waals surface area contributed by atoms with Gasteiger partial charge in [0.25, 0.3) is 5.97 Å². The Labute approximate surface area is 326 Å². The van der Waals surface area contributed by atoms with Gasteiger partial charge < -0.3 is 52.4 Å². The summed E-state index contributed by atoms with van der Waals surface area (Å²) in [5.74, 6) is -3.29. The van der Waals surface area contributed by atoms with Gasteiger partial charge in [0.05, 0.1) is 31.5 Å². The van der Waals surface area contributed by atoms with Gasteiger partial charge in [0, 0.05) is 43.7 Å². The van der Waals surface area contributed by atoms with Crippen LogP contribution in [0.1, 0.15) is 83.1 Å². The number of amides is 1. The van der Waals surface area contributed by atoms with Gasteiger partial charge in [0.1, 0.15) is 18.8 Å². The first-order chi connectivity index (χ1) is 24.1. The first kappa shape index (κ1) is 47.2. The molecule has 53 heavy (non-hydrogen) atoms. The van der Waals surface area contributed by atoms with Gasteiger partial charge in [0.2, 0.25) is 3.79 Å². The minimum Gasteiger partial charge on any atom is -0.481 e. The largest absolute Gasteiger partial charge is 0.481 e. The number of esters is 3. The topological polar surface area (TPSA) is 201 Å². The molecule has 0 bridgehead atoms. The average molecular weight is 839 g/mol. The molecule has 20 heteroatoms. The van der Waals surface area contributed by atoms with Crippen molar-refractivity contribution in [3.05, 3.63) is 0 Å². The zero-order chi connectivity index (χ0) is 40.9. The van der Waals surface area contributed by atoms with Gasteiger partial charge >= 0.3 is 32.6 Å². The van der Waals surface area contributed by atoms with E-state index in [1.54, 1.807) is 6.92 Å². The number of carbonyl (C=O) groups is 5. The monoisotopic (exact) mass is 837 g/mol. The maximum atomic E-state index is 13.0. The van der Waals surface area contributed by atoms with Crippen molar-refractivity contribution in [2.24, 2.45) is 5.92 Å². The smallest absolute Gasteiger partial charge is 0.407 e. The number of alkyl carbamates (subject to hydrolysis) is 1. The maximum Gasteiger partial charge on any atom is 0.407 e. The number of fused-ring (bicyclic) bond motifs is 1. The van der Waals surface area contributed by atoms with E-state index in [0.717, 1.165) is 6.92 Å². The molecule has 0 radical (unpaired) electrons. The van der Waals surface area contributed by atoms with E-state index in [9.17, 15) is 19.2 Å². The van der Waals surface area contributed by atoms with Crippen molar-refractivity contribution in [3.63, 3.8) is 0 Å². The summed E-state index contributed by atoms with van der Waals surface area (Å²) in [6, 6.07) is -0.861. The van der Waals surface area contributed by atoms with Crippen LogP contribution in [0.25, 0.3) is 0 Å². The molecule has 3 fully saturated rings. The standard InChI is InChI=1S/C31H50Cl3NO13Si.C2H4O2/c1-15-22(35-28(39)41-14-31(32,33)34)27(47-21-13-42-49(29(6,7)8,30(9,10)11)48-23(15)21)40-12-20-25(45-18(4)37)26(46-19(5)38)24(16(2)43-20)44-17(3)36;1-2(3)4/h15-16,20-27H,12-14H2,1-11H3,(H,35,39);1H3,(H,3,4)/t15-,16+,20?,21?,22?,23-,24?,25-,26-,27+;/m1./s1. The number of ether oxygens (including phenoxy) is 7. The summed E-state index contributed by atoms with van der Waals surface area (Å²) >= 11 is 17.4. The number of hydrogen-bond donors (Lipinski definition) is 2. The van der Waals surface area contributed by atoms with Crippen molar-refractivity contribution in [3.8, 4) is 0 Å². The minimum atomic E-state index is -2.95. The molecule has 4 unspecified atom stereocenters. The van der Waals surface area contributed by atoms with E-state index in [0.29, 0.717) is 0 Å². The van der Waals surface area contributed by atoms with Crippen molar-refractivity contribution >= 4 is 73.3 Å². The normalized spacial score (nSPS) is 31.4. The molecular weight excluding hydrogens is 785 g/mol. The van der Waals surface area contributed by atoms with Crippen LogP contribution in [0.3, 0.4) is 0 Å². The van der Waals surface area contributed by atoms with Crippen LogP contribution in [0.15, 0.2) is 0 Å². The first-order valence-electron chi connectivity index (χ1n) is 17.1. The number of carboxylic acid groups (broad SMARTS) is 1. The molecule has 0 saturated carbocycles. The van der Waals surface area contributed by atoms with Crippen LogP contribution in [0.4, 0.5) is 4.79 Å².